The Hall–Kier alpha value is -3.12. The first-order valence-corrected chi connectivity index (χ1v) is 9.59. The Bertz CT molecular complexity index is 929. The van der Waals surface area contributed by atoms with Crippen molar-refractivity contribution in [2.75, 3.05) is 13.2 Å². The van der Waals surface area contributed by atoms with Crippen molar-refractivity contribution in [1.29, 1.82) is 0 Å². The fraction of sp³-hybridized carbons (Fsp3) is 0.304. The lowest BCUT2D eigenvalue weighted by Gasteiger charge is -2.26. The fourth-order valence-electron chi connectivity index (χ4n) is 3.48. The van der Waals surface area contributed by atoms with Crippen LogP contribution in [0.3, 0.4) is 0 Å². The number of amides is 1. The van der Waals surface area contributed by atoms with Gasteiger partial charge in [-0.05, 0) is 38.5 Å². The Morgan fingerprint density at radius 3 is 2.28 bits per heavy atom. The van der Waals surface area contributed by atoms with E-state index in [4.69, 9.17) is 4.74 Å². The summed E-state index contributed by atoms with van der Waals surface area (Å²) in [6, 6.07) is 13.3. The highest BCUT2D eigenvalue weighted by atomic mass is 16.5. The lowest BCUT2D eigenvalue weighted by Crippen LogP contribution is -2.35. The van der Waals surface area contributed by atoms with Gasteiger partial charge in [-0.3, -0.25) is 9.59 Å². The summed E-state index contributed by atoms with van der Waals surface area (Å²) in [5, 5.41) is 20.8. The van der Waals surface area contributed by atoms with Crippen LogP contribution in [0.2, 0.25) is 0 Å². The van der Waals surface area contributed by atoms with Crippen LogP contribution in [0.1, 0.15) is 36.6 Å². The second-order valence-electron chi connectivity index (χ2n) is 7.17. The molecule has 2 N–H and O–H groups in total. The Morgan fingerprint density at radius 1 is 1.10 bits per heavy atom. The minimum Gasteiger partial charge on any atom is -0.507 e. The number of hydrogen-bond acceptors (Lipinski definition) is 5. The molecule has 1 amide bonds. The minimum absolute atomic E-state index is 0.0173. The number of nitrogens with zero attached hydrogens (tertiary/aromatic N) is 1. The van der Waals surface area contributed by atoms with Gasteiger partial charge in [0, 0.05) is 12.1 Å². The van der Waals surface area contributed by atoms with Crippen molar-refractivity contribution in [2.45, 2.75) is 32.9 Å². The maximum absolute atomic E-state index is 12.8. The summed E-state index contributed by atoms with van der Waals surface area (Å²) in [6.45, 7) is 5.85. The van der Waals surface area contributed by atoms with Gasteiger partial charge in [0.05, 0.1) is 24.3 Å². The van der Waals surface area contributed by atoms with Gasteiger partial charge in [0.15, 0.2) is 0 Å². The van der Waals surface area contributed by atoms with E-state index < -0.39 is 23.8 Å². The zero-order chi connectivity index (χ0) is 21.1. The van der Waals surface area contributed by atoms with E-state index in [9.17, 15) is 19.8 Å². The average Bonchev–Trinajstić information content (AvgIpc) is 2.93. The predicted molar refractivity (Wildman–Crippen MR) is 109 cm³/mol. The molecule has 6 heteroatoms. The molecule has 0 saturated carbocycles. The maximum atomic E-state index is 12.8. The minimum atomic E-state index is -0.821. The summed E-state index contributed by atoms with van der Waals surface area (Å²) in [5.41, 5.74) is 2.14. The van der Waals surface area contributed by atoms with Crippen molar-refractivity contribution >= 4 is 17.4 Å². The van der Waals surface area contributed by atoms with Gasteiger partial charge < -0.3 is 19.8 Å². The summed E-state index contributed by atoms with van der Waals surface area (Å²) >= 11 is 0. The number of carbonyl (C=O) groups is 2. The van der Waals surface area contributed by atoms with E-state index in [2.05, 4.69) is 0 Å². The number of aliphatic hydroxyl groups excluding tert-OH is 2. The normalized spacial score (nSPS) is 19.4. The number of ether oxygens (including phenoxy) is 1. The van der Waals surface area contributed by atoms with E-state index >= 15 is 0 Å². The number of carbonyl (C=O) groups excluding carboxylic acids is 2. The van der Waals surface area contributed by atoms with Crippen LogP contribution >= 0.6 is 0 Å². The number of rotatable bonds is 6. The van der Waals surface area contributed by atoms with Crippen LogP contribution in [0.5, 0.6) is 5.75 Å². The Labute approximate surface area is 170 Å². The maximum Gasteiger partial charge on any atom is 0.295 e. The molecule has 3 rings (SSSR count). The smallest absolute Gasteiger partial charge is 0.295 e. The number of Topliss-reactive ketones (excluding diaryl/α,β-unsaturated/α-hetero) is 1. The first-order valence-electron chi connectivity index (χ1n) is 9.59. The van der Waals surface area contributed by atoms with E-state index in [0.717, 1.165) is 5.56 Å². The molecule has 2 atom stereocenters. The molecule has 0 bridgehead atoms. The number of benzene rings is 2. The third kappa shape index (κ3) is 4.17. The van der Waals surface area contributed by atoms with Gasteiger partial charge in [-0.15, -0.1) is 0 Å². The Kier molecular flexibility index (Phi) is 6.03. The zero-order valence-electron chi connectivity index (χ0n) is 16.8. The van der Waals surface area contributed by atoms with Crippen LogP contribution in [0, 0.1) is 6.92 Å². The molecule has 0 radical (unpaired) electrons. The van der Waals surface area contributed by atoms with Crippen molar-refractivity contribution < 1.29 is 24.5 Å². The van der Waals surface area contributed by atoms with Crippen LogP contribution in [-0.2, 0) is 9.59 Å². The highest BCUT2D eigenvalue weighted by Gasteiger charge is 2.46. The average molecular weight is 395 g/mol. The summed E-state index contributed by atoms with van der Waals surface area (Å²) in [7, 11) is 0. The lowest BCUT2D eigenvalue weighted by molar-refractivity contribution is -0.140. The highest BCUT2D eigenvalue weighted by Crippen LogP contribution is 2.39. The molecule has 152 valence electrons. The number of likely N-dealkylation sites (tertiary alicyclic amines) is 1. The van der Waals surface area contributed by atoms with E-state index in [1.165, 1.54) is 4.90 Å². The van der Waals surface area contributed by atoms with Crippen molar-refractivity contribution in [2.24, 2.45) is 0 Å². The van der Waals surface area contributed by atoms with Gasteiger partial charge in [-0.25, -0.2) is 0 Å². The van der Waals surface area contributed by atoms with E-state index in [0.29, 0.717) is 23.5 Å². The van der Waals surface area contributed by atoms with Crippen LogP contribution in [-0.4, -0.2) is 46.1 Å². The molecular weight excluding hydrogens is 370 g/mol. The van der Waals surface area contributed by atoms with Gasteiger partial charge in [-0.2, -0.15) is 0 Å². The third-order valence-electron chi connectivity index (χ3n) is 4.83. The van der Waals surface area contributed by atoms with E-state index in [-0.39, 0.29) is 17.9 Å². The Balaban J connectivity index is 2.13. The predicted octanol–water partition coefficient (Wildman–Crippen LogP) is 3.20. The third-order valence-corrected chi connectivity index (χ3v) is 4.83. The van der Waals surface area contributed by atoms with Crippen LogP contribution in [0.25, 0.3) is 5.76 Å². The quantitative estimate of drug-likeness (QED) is 0.446. The SMILES string of the molecule is CCOc1ccc(C2C(=C(O)c3ccc(C)cc3)C(=O)C(=O)N2CC(C)O)cc1. The van der Waals surface area contributed by atoms with Gasteiger partial charge in [0.2, 0.25) is 0 Å². The first kappa shape index (κ1) is 20.6. The molecule has 0 aromatic heterocycles. The molecule has 1 aliphatic heterocycles. The second-order valence-corrected chi connectivity index (χ2v) is 7.17. The molecule has 1 aliphatic rings. The van der Waals surface area contributed by atoms with Crippen LogP contribution in [0.15, 0.2) is 54.1 Å². The molecule has 2 unspecified atom stereocenters. The van der Waals surface area contributed by atoms with Crippen molar-refractivity contribution in [3.63, 3.8) is 0 Å². The largest absolute Gasteiger partial charge is 0.507 e. The van der Waals surface area contributed by atoms with Gasteiger partial charge in [0.1, 0.15) is 11.5 Å². The molecule has 0 aliphatic carbocycles. The molecule has 29 heavy (non-hydrogen) atoms. The standard InChI is InChI=1S/C23H25NO5/c1-4-29-18-11-9-16(10-12-18)20-19(21(26)17-7-5-14(2)6-8-17)22(27)23(28)24(20)13-15(3)25/h5-12,15,20,25-26H,4,13H2,1-3H3. The van der Waals surface area contributed by atoms with E-state index in [1.807, 2.05) is 26.0 Å². The van der Waals surface area contributed by atoms with Crippen molar-refractivity contribution in [3.05, 3.63) is 70.8 Å². The molecule has 1 fully saturated rings. The summed E-state index contributed by atoms with van der Waals surface area (Å²) in [6.07, 6.45) is -0.821. The summed E-state index contributed by atoms with van der Waals surface area (Å²) in [5.74, 6) is -1.06. The van der Waals surface area contributed by atoms with Crippen LogP contribution in [0.4, 0.5) is 0 Å². The molecule has 1 saturated heterocycles. The number of ketones is 1. The van der Waals surface area contributed by atoms with Gasteiger partial charge in [-0.1, -0.05) is 42.0 Å². The highest BCUT2D eigenvalue weighted by molar-refractivity contribution is 6.46. The van der Waals surface area contributed by atoms with E-state index in [1.54, 1.807) is 43.3 Å². The molecule has 2 aromatic carbocycles. The molecular formula is C23H25NO5. The number of β-amino-alcohol motifs (C(OH)–C–C–N with tert-alkyl or cyclic N) is 1. The van der Waals surface area contributed by atoms with Crippen LogP contribution < -0.4 is 4.74 Å². The number of aliphatic hydroxyl groups is 2. The lowest BCUT2D eigenvalue weighted by atomic mass is 9.95. The monoisotopic (exact) mass is 395 g/mol. The summed E-state index contributed by atoms with van der Waals surface area (Å²) < 4.78 is 5.46. The molecule has 6 nitrogen and oxygen atoms in total. The van der Waals surface area contributed by atoms with Crippen molar-refractivity contribution in [3.8, 4) is 5.75 Å². The number of aryl methyl sites for hydroxylation is 1. The Morgan fingerprint density at radius 2 is 1.72 bits per heavy atom. The fourth-order valence-corrected chi connectivity index (χ4v) is 3.48. The summed E-state index contributed by atoms with van der Waals surface area (Å²) in [4.78, 5) is 26.8. The number of hydrogen-bond donors (Lipinski definition) is 2. The van der Waals surface area contributed by atoms with Gasteiger partial charge in [0.25, 0.3) is 11.7 Å². The van der Waals surface area contributed by atoms with Gasteiger partial charge >= 0.3 is 0 Å². The topological polar surface area (TPSA) is 87.1 Å². The molecule has 1 heterocycles. The molecule has 0 spiro atoms. The van der Waals surface area contributed by atoms with Crippen molar-refractivity contribution in [1.82, 2.24) is 4.90 Å². The first-order chi connectivity index (χ1) is 13.8. The second kappa shape index (κ2) is 8.49. The zero-order valence-corrected chi connectivity index (χ0v) is 16.8. The molecule has 2 aromatic rings.